The molecule has 2 rings (SSSR count). The molecule has 1 aromatic heterocycles. The minimum atomic E-state index is 0.0955. The molecule has 0 N–H and O–H groups in total. The highest BCUT2D eigenvalue weighted by atomic mass is 14.9. The Kier molecular flexibility index (Phi) is 1.14. The van der Waals surface area contributed by atoms with Gasteiger partial charge >= 0.3 is 0 Å². The topological polar surface area (TPSA) is 4.93 Å². The first-order valence-electron chi connectivity index (χ1n) is 3.88. The van der Waals surface area contributed by atoms with E-state index in [9.17, 15) is 0 Å². The van der Waals surface area contributed by atoms with Crippen LogP contribution in [0.15, 0.2) is 18.3 Å². The predicted molar refractivity (Wildman–Crippen MR) is 45.2 cm³/mol. The van der Waals surface area contributed by atoms with Gasteiger partial charge in [0, 0.05) is 18.9 Å². The first-order chi connectivity index (χ1) is 5.28. The lowest BCUT2D eigenvalue weighted by Gasteiger charge is -2.08. The lowest BCUT2D eigenvalue weighted by molar-refractivity contribution is 0.763. The number of nitrogens with zero attached hydrogens (tertiary/aromatic N) is 1. The van der Waals surface area contributed by atoms with Crippen molar-refractivity contribution in [2.24, 2.45) is 7.05 Å². The number of aromatic nitrogens is 1. The molecule has 0 radical (unpaired) electrons. The van der Waals surface area contributed by atoms with Crippen LogP contribution in [-0.2, 0) is 12.5 Å². The Morgan fingerprint density at radius 1 is 1.64 bits per heavy atom. The van der Waals surface area contributed by atoms with Crippen LogP contribution >= 0.6 is 0 Å². The van der Waals surface area contributed by atoms with E-state index in [1.807, 2.05) is 19.3 Å². The molecular weight excluding hydrogens is 134 g/mol. The molecule has 0 aliphatic heterocycles. The second kappa shape index (κ2) is 1.92. The Hall–Kier alpha value is -1.16. The molecule has 1 heterocycles. The maximum absolute atomic E-state index is 5.47. The van der Waals surface area contributed by atoms with Crippen LogP contribution in [0, 0.1) is 12.3 Å². The van der Waals surface area contributed by atoms with Crippen molar-refractivity contribution in [3.63, 3.8) is 0 Å². The molecule has 0 aromatic carbocycles. The zero-order valence-electron chi connectivity index (χ0n) is 6.67. The Morgan fingerprint density at radius 3 is 2.73 bits per heavy atom. The van der Waals surface area contributed by atoms with E-state index in [0.717, 1.165) is 12.8 Å². The van der Waals surface area contributed by atoms with E-state index in [1.165, 1.54) is 5.69 Å². The van der Waals surface area contributed by atoms with Gasteiger partial charge in [-0.05, 0) is 25.0 Å². The normalized spacial score (nSPS) is 19.3. The van der Waals surface area contributed by atoms with Crippen molar-refractivity contribution in [3.05, 3.63) is 24.0 Å². The minimum Gasteiger partial charge on any atom is -0.353 e. The number of terminal acetylenes is 1. The molecule has 1 saturated carbocycles. The summed E-state index contributed by atoms with van der Waals surface area (Å²) in [5, 5.41) is 0. The molecular formula is C10H11N. The van der Waals surface area contributed by atoms with Crippen molar-refractivity contribution in [2.45, 2.75) is 18.3 Å². The molecule has 1 nitrogen and oxygen atoms in total. The van der Waals surface area contributed by atoms with Gasteiger partial charge in [0.1, 0.15) is 0 Å². The van der Waals surface area contributed by atoms with Crippen LogP contribution in [0.4, 0.5) is 0 Å². The quantitative estimate of drug-likeness (QED) is 0.530. The Morgan fingerprint density at radius 2 is 2.36 bits per heavy atom. The zero-order chi connectivity index (χ0) is 7.90. The van der Waals surface area contributed by atoms with Crippen LogP contribution in [0.25, 0.3) is 0 Å². The monoisotopic (exact) mass is 145 g/mol. The highest BCUT2D eigenvalue weighted by molar-refractivity contribution is 5.37. The molecule has 11 heavy (non-hydrogen) atoms. The van der Waals surface area contributed by atoms with E-state index in [0.29, 0.717) is 0 Å². The Bertz CT molecular complexity index is 310. The van der Waals surface area contributed by atoms with Gasteiger partial charge in [-0.3, -0.25) is 0 Å². The van der Waals surface area contributed by atoms with Gasteiger partial charge in [0.15, 0.2) is 0 Å². The third kappa shape index (κ3) is 0.793. The van der Waals surface area contributed by atoms with Crippen molar-refractivity contribution in [2.75, 3.05) is 0 Å². The smallest absolute Gasteiger partial charge is 0.0712 e. The first kappa shape index (κ1) is 6.54. The highest BCUT2D eigenvalue weighted by Crippen LogP contribution is 2.47. The summed E-state index contributed by atoms with van der Waals surface area (Å²) in [6.45, 7) is 0. The average Bonchev–Trinajstić information content (AvgIpc) is 2.70. The largest absolute Gasteiger partial charge is 0.353 e. The second-order valence-corrected chi connectivity index (χ2v) is 3.23. The molecule has 0 bridgehead atoms. The predicted octanol–water partition coefficient (Wildman–Crippen LogP) is 1.69. The van der Waals surface area contributed by atoms with Crippen molar-refractivity contribution in [3.8, 4) is 12.3 Å². The fourth-order valence-electron chi connectivity index (χ4n) is 1.56. The fourth-order valence-corrected chi connectivity index (χ4v) is 1.56. The van der Waals surface area contributed by atoms with E-state index >= 15 is 0 Å². The van der Waals surface area contributed by atoms with Gasteiger partial charge in [-0.1, -0.05) is 5.92 Å². The van der Waals surface area contributed by atoms with Crippen molar-refractivity contribution < 1.29 is 0 Å². The van der Waals surface area contributed by atoms with Crippen LogP contribution in [0.3, 0.4) is 0 Å². The molecule has 1 aromatic rings. The maximum atomic E-state index is 5.47. The number of hydrogen-bond donors (Lipinski definition) is 0. The Labute approximate surface area is 67.0 Å². The Balaban J connectivity index is 2.45. The van der Waals surface area contributed by atoms with Crippen molar-refractivity contribution >= 4 is 0 Å². The number of rotatable bonds is 1. The van der Waals surface area contributed by atoms with Gasteiger partial charge in [-0.25, -0.2) is 0 Å². The average molecular weight is 145 g/mol. The first-order valence-corrected chi connectivity index (χ1v) is 3.88. The van der Waals surface area contributed by atoms with Gasteiger partial charge in [-0.2, -0.15) is 0 Å². The summed E-state index contributed by atoms with van der Waals surface area (Å²) in [4.78, 5) is 0. The van der Waals surface area contributed by atoms with E-state index in [-0.39, 0.29) is 5.41 Å². The molecule has 0 atom stereocenters. The zero-order valence-corrected chi connectivity index (χ0v) is 6.67. The third-order valence-corrected chi connectivity index (χ3v) is 2.46. The van der Waals surface area contributed by atoms with E-state index < -0.39 is 0 Å². The minimum absolute atomic E-state index is 0.0955. The summed E-state index contributed by atoms with van der Waals surface area (Å²) in [5.74, 6) is 2.87. The van der Waals surface area contributed by atoms with Crippen LogP contribution in [0.1, 0.15) is 18.5 Å². The van der Waals surface area contributed by atoms with Gasteiger partial charge in [0.2, 0.25) is 0 Å². The second-order valence-electron chi connectivity index (χ2n) is 3.23. The molecule has 1 aliphatic carbocycles. The number of hydrogen-bond acceptors (Lipinski definition) is 0. The SMILES string of the molecule is C#CC1(c2cccn2C)CC1. The van der Waals surface area contributed by atoms with Gasteiger partial charge < -0.3 is 4.57 Å². The van der Waals surface area contributed by atoms with Crippen molar-refractivity contribution in [1.29, 1.82) is 0 Å². The molecule has 1 heteroatoms. The lowest BCUT2D eigenvalue weighted by atomic mass is 10.0. The fraction of sp³-hybridized carbons (Fsp3) is 0.400. The van der Waals surface area contributed by atoms with Gasteiger partial charge in [0.05, 0.1) is 5.41 Å². The van der Waals surface area contributed by atoms with Crippen LogP contribution in [-0.4, -0.2) is 4.57 Å². The molecule has 0 amide bonds. The molecule has 1 fully saturated rings. The van der Waals surface area contributed by atoms with E-state index in [1.54, 1.807) is 0 Å². The van der Waals surface area contributed by atoms with Gasteiger partial charge in [-0.15, -0.1) is 6.42 Å². The van der Waals surface area contributed by atoms with E-state index in [4.69, 9.17) is 6.42 Å². The number of aryl methyl sites for hydroxylation is 1. The lowest BCUT2D eigenvalue weighted by Crippen LogP contribution is -2.07. The molecule has 0 unspecified atom stereocenters. The molecule has 1 aliphatic rings. The molecule has 56 valence electrons. The summed E-state index contributed by atoms with van der Waals surface area (Å²) < 4.78 is 2.12. The summed E-state index contributed by atoms with van der Waals surface area (Å²) >= 11 is 0. The van der Waals surface area contributed by atoms with Gasteiger partial charge in [0.25, 0.3) is 0 Å². The third-order valence-electron chi connectivity index (χ3n) is 2.46. The summed E-state index contributed by atoms with van der Waals surface area (Å²) in [6, 6.07) is 4.17. The van der Waals surface area contributed by atoms with Crippen LogP contribution < -0.4 is 0 Å². The van der Waals surface area contributed by atoms with Crippen LogP contribution in [0.5, 0.6) is 0 Å². The summed E-state index contributed by atoms with van der Waals surface area (Å²) in [7, 11) is 2.05. The summed E-state index contributed by atoms with van der Waals surface area (Å²) in [6.07, 6.45) is 9.82. The maximum Gasteiger partial charge on any atom is 0.0712 e. The van der Waals surface area contributed by atoms with Crippen molar-refractivity contribution in [1.82, 2.24) is 4.57 Å². The van der Waals surface area contributed by atoms with Crippen LogP contribution in [0.2, 0.25) is 0 Å². The molecule has 0 saturated heterocycles. The highest BCUT2D eigenvalue weighted by Gasteiger charge is 2.44. The summed E-state index contributed by atoms with van der Waals surface area (Å²) in [5.41, 5.74) is 1.39. The standard InChI is InChI=1S/C10H11N/c1-3-10(6-7-10)9-5-4-8-11(9)2/h1,4-5,8H,6-7H2,2H3. The van der Waals surface area contributed by atoms with E-state index in [2.05, 4.69) is 16.6 Å². The molecule has 0 spiro atoms.